The third-order valence-corrected chi connectivity index (χ3v) is 1.96. The highest BCUT2D eigenvalue weighted by molar-refractivity contribution is 5.78. The smallest absolute Gasteiger partial charge is 0.310 e. The number of hydrogen-bond donors (Lipinski definition) is 2. The number of benzene rings is 1. The Morgan fingerprint density at radius 3 is 2.67 bits per heavy atom. The summed E-state index contributed by atoms with van der Waals surface area (Å²) in [5.41, 5.74) is 11.4. The van der Waals surface area contributed by atoms with Crippen LogP contribution in [0.1, 0.15) is 12.5 Å². The first-order valence-electron chi connectivity index (χ1n) is 4.54. The van der Waals surface area contributed by atoms with Gasteiger partial charge in [0, 0.05) is 0 Å². The normalized spacial score (nSPS) is 10.0. The number of ether oxygens (including phenoxy) is 1. The Labute approximate surface area is 87.0 Å². The predicted molar refractivity (Wildman–Crippen MR) is 55.6 cm³/mol. The van der Waals surface area contributed by atoms with Gasteiger partial charge in [-0.05, 0) is 18.6 Å². The number of anilines is 2. The molecule has 1 rings (SSSR count). The average Bonchev–Trinajstić information content (AvgIpc) is 2.20. The first-order valence-corrected chi connectivity index (χ1v) is 4.54. The van der Waals surface area contributed by atoms with Crippen LogP contribution in [0.2, 0.25) is 0 Å². The molecule has 0 unspecified atom stereocenters. The van der Waals surface area contributed by atoms with Crippen LogP contribution >= 0.6 is 0 Å². The number of hydrogen-bond acceptors (Lipinski definition) is 4. The van der Waals surface area contributed by atoms with E-state index in [4.69, 9.17) is 16.2 Å². The van der Waals surface area contributed by atoms with Crippen molar-refractivity contribution in [2.45, 2.75) is 13.3 Å². The van der Waals surface area contributed by atoms with Crippen LogP contribution in [-0.4, -0.2) is 12.6 Å². The van der Waals surface area contributed by atoms with Crippen molar-refractivity contribution in [3.05, 3.63) is 23.5 Å². The molecule has 0 bridgehead atoms. The minimum atomic E-state index is -0.583. The van der Waals surface area contributed by atoms with Crippen molar-refractivity contribution >= 4 is 17.3 Å². The number of rotatable bonds is 3. The van der Waals surface area contributed by atoms with Crippen LogP contribution in [0.25, 0.3) is 0 Å². The molecule has 4 nitrogen and oxygen atoms in total. The van der Waals surface area contributed by atoms with Crippen molar-refractivity contribution in [1.29, 1.82) is 0 Å². The molecule has 0 aliphatic rings. The largest absolute Gasteiger partial charge is 0.466 e. The highest BCUT2D eigenvalue weighted by atomic mass is 19.1. The lowest BCUT2D eigenvalue weighted by Crippen LogP contribution is -2.10. The van der Waals surface area contributed by atoms with E-state index in [9.17, 15) is 9.18 Å². The molecule has 82 valence electrons. The molecule has 15 heavy (non-hydrogen) atoms. The summed E-state index contributed by atoms with van der Waals surface area (Å²) in [6.07, 6.45) is 0.00412. The van der Waals surface area contributed by atoms with Crippen LogP contribution in [0.5, 0.6) is 0 Å². The molecule has 4 N–H and O–H groups in total. The van der Waals surface area contributed by atoms with Crippen molar-refractivity contribution in [3.8, 4) is 0 Å². The maximum Gasteiger partial charge on any atom is 0.310 e. The molecule has 0 spiro atoms. The highest BCUT2D eigenvalue weighted by Gasteiger charge is 2.11. The van der Waals surface area contributed by atoms with Gasteiger partial charge < -0.3 is 16.2 Å². The van der Waals surface area contributed by atoms with Crippen LogP contribution < -0.4 is 11.5 Å². The van der Waals surface area contributed by atoms with E-state index in [2.05, 4.69) is 0 Å². The van der Waals surface area contributed by atoms with Gasteiger partial charge >= 0.3 is 5.97 Å². The fourth-order valence-electron chi connectivity index (χ4n) is 1.18. The zero-order chi connectivity index (χ0) is 11.4. The number of esters is 1. The Bertz CT molecular complexity index is 380. The minimum Gasteiger partial charge on any atom is -0.466 e. The summed E-state index contributed by atoms with van der Waals surface area (Å²) in [7, 11) is 0. The van der Waals surface area contributed by atoms with E-state index in [1.54, 1.807) is 6.92 Å². The predicted octanol–water partition coefficient (Wildman–Crippen LogP) is 1.10. The van der Waals surface area contributed by atoms with E-state index in [1.165, 1.54) is 12.1 Å². The zero-order valence-electron chi connectivity index (χ0n) is 8.42. The van der Waals surface area contributed by atoms with Crippen LogP contribution in [0.4, 0.5) is 15.8 Å². The minimum absolute atomic E-state index is 0.00412. The summed E-state index contributed by atoms with van der Waals surface area (Å²) in [6.45, 7) is 2.01. The summed E-state index contributed by atoms with van der Waals surface area (Å²) >= 11 is 0. The Balaban J connectivity index is 2.87. The Kier molecular flexibility index (Phi) is 3.49. The van der Waals surface area contributed by atoms with Gasteiger partial charge in [-0.25, -0.2) is 4.39 Å². The molecule has 0 aliphatic carbocycles. The summed E-state index contributed by atoms with van der Waals surface area (Å²) in [4.78, 5) is 11.1. The fourth-order valence-corrected chi connectivity index (χ4v) is 1.18. The lowest BCUT2D eigenvalue weighted by Gasteiger charge is -2.08. The lowest BCUT2D eigenvalue weighted by atomic mass is 10.1. The Morgan fingerprint density at radius 1 is 1.40 bits per heavy atom. The van der Waals surface area contributed by atoms with Gasteiger partial charge in [0.2, 0.25) is 0 Å². The third-order valence-electron chi connectivity index (χ3n) is 1.96. The first-order chi connectivity index (χ1) is 7.06. The molecule has 0 atom stereocenters. The van der Waals surface area contributed by atoms with Crippen LogP contribution in [0, 0.1) is 5.82 Å². The number of nitrogen functional groups attached to an aromatic ring is 2. The zero-order valence-corrected chi connectivity index (χ0v) is 8.42. The van der Waals surface area contributed by atoms with Crippen LogP contribution in [0.3, 0.4) is 0 Å². The second-order valence-electron chi connectivity index (χ2n) is 3.02. The van der Waals surface area contributed by atoms with Crippen molar-refractivity contribution in [2.75, 3.05) is 18.1 Å². The van der Waals surface area contributed by atoms with Gasteiger partial charge in [-0.15, -0.1) is 0 Å². The van der Waals surface area contributed by atoms with E-state index < -0.39 is 11.8 Å². The Hall–Kier alpha value is -1.78. The number of halogens is 1. The Morgan fingerprint density at radius 2 is 2.07 bits per heavy atom. The van der Waals surface area contributed by atoms with Crippen molar-refractivity contribution < 1.29 is 13.9 Å². The van der Waals surface area contributed by atoms with Crippen LogP contribution in [-0.2, 0) is 16.0 Å². The van der Waals surface area contributed by atoms with Gasteiger partial charge in [0.05, 0.1) is 24.4 Å². The molecule has 1 aromatic rings. The van der Waals surface area contributed by atoms with Gasteiger partial charge in [-0.1, -0.05) is 6.07 Å². The average molecular weight is 212 g/mol. The lowest BCUT2D eigenvalue weighted by molar-refractivity contribution is -0.142. The maximum atomic E-state index is 12.9. The molecule has 5 heteroatoms. The van der Waals surface area contributed by atoms with Crippen molar-refractivity contribution in [1.82, 2.24) is 0 Å². The standard InChI is InChI=1S/C10H13FN2O2/c1-2-15-8(14)5-6-3-4-7(11)10(13)9(6)12/h3-4H,2,5,12-13H2,1H3. The molecule has 0 aliphatic heterocycles. The van der Waals surface area contributed by atoms with E-state index in [-0.39, 0.29) is 17.8 Å². The number of carbonyl (C=O) groups excluding carboxylic acids is 1. The third kappa shape index (κ3) is 2.59. The summed E-state index contributed by atoms with van der Waals surface area (Å²) in [5.74, 6) is -0.990. The van der Waals surface area contributed by atoms with Crippen LogP contribution in [0.15, 0.2) is 12.1 Å². The molecule has 0 amide bonds. The fraction of sp³-hybridized carbons (Fsp3) is 0.300. The molecule has 0 fully saturated rings. The molecular weight excluding hydrogens is 199 g/mol. The second-order valence-corrected chi connectivity index (χ2v) is 3.02. The monoisotopic (exact) mass is 212 g/mol. The van der Waals surface area contributed by atoms with E-state index in [0.29, 0.717) is 12.2 Å². The van der Waals surface area contributed by atoms with Crippen molar-refractivity contribution in [2.24, 2.45) is 0 Å². The van der Waals surface area contributed by atoms with Gasteiger partial charge in [0.1, 0.15) is 5.82 Å². The van der Waals surface area contributed by atoms with Gasteiger partial charge in [0.15, 0.2) is 0 Å². The van der Waals surface area contributed by atoms with Gasteiger partial charge in [-0.3, -0.25) is 4.79 Å². The molecule has 0 aromatic heterocycles. The summed E-state index contributed by atoms with van der Waals surface area (Å²) in [5, 5.41) is 0. The molecular formula is C10H13FN2O2. The molecule has 0 saturated heterocycles. The molecule has 0 radical (unpaired) electrons. The number of nitrogens with two attached hydrogens (primary N) is 2. The van der Waals surface area contributed by atoms with Gasteiger partial charge in [0.25, 0.3) is 0 Å². The summed E-state index contributed by atoms with van der Waals surface area (Å²) in [6, 6.07) is 2.61. The summed E-state index contributed by atoms with van der Waals surface area (Å²) < 4.78 is 17.7. The van der Waals surface area contributed by atoms with Crippen molar-refractivity contribution in [3.63, 3.8) is 0 Å². The SMILES string of the molecule is CCOC(=O)Cc1ccc(F)c(N)c1N. The number of carbonyl (C=O) groups is 1. The quantitative estimate of drug-likeness (QED) is 0.580. The van der Waals surface area contributed by atoms with Gasteiger partial charge in [-0.2, -0.15) is 0 Å². The van der Waals surface area contributed by atoms with E-state index >= 15 is 0 Å². The molecule has 0 heterocycles. The first kappa shape index (κ1) is 11.3. The molecule has 0 saturated carbocycles. The highest BCUT2D eigenvalue weighted by Crippen LogP contribution is 2.23. The van der Waals surface area contributed by atoms with E-state index in [1.807, 2.05) is 0 Å². The van der Waals surface area contributed by atoms with E-state index in [0.717, 1.165) is 0 Å². The topological polar surface area (TPSA) is 78.3 Å². The second kappa shape index (κ2) is 4.63. The molecule has 1 aromatic carbocycles. The maximum absolute atomic E-state index is 12.9.